The van der Waals surface area contributed by atoms with E-state index in [1.807, 2.05) is 0 Å². The van der Waals surface area contributed by atoms with Gasteiger partial charge in [-0.15, -0.1) is 11.3 Å². The van der Waals surface area contributed by atoms with Crippen LogP contribution in [0, 0.1) is 0 Å². The average molecular weight is 202 g/mol. The first-order chi connectivity index (χ1) is 5.84. The molecule has 0 spiro atoms. The lowest BCUT2D eigenvalue weighted by Crippen LogP contribution is -2.23. The number of rotatable bonds is 2. The fourth-order valence-corrected chi connectivity index (χ4v) is 2.59. The molecule has 1 aromatic rings. The minimum Gasteiger partial charge on any atom is -0.314 e. The molecule has 1 unspecified atom stereocenters. The molecule has 0 amide bonds. The Morgan fingerprint density at radius 1 is 1.67 bits per heavy atom. The normalized spacial score (nSPS) is 23.2. The second-order valence-corrected chi connectivity index (χ2v) is 4.80. The summed E-state index contributed by atoms with van der Waals surface area (Å²) < 4.78 is 0.906. The maximum atomic E-state index is 5.84. The molecule has 0 radical (unpaired) electrons. The van der Waals surface area contributed by atoms with Crippen molar-refractivity contribution in [3.63, 3.8) is 0 Å². The second-order valence-electron chi connectivity index (χ2n) is 3.26. The van der Waals surface area contributed by atoms with Crippen LogP contribution in [-0.2, 0) is 6.42 Å². The van der Waals surface area contributed by atoms with E-state index in [9.17, 15) is 0 Å². The molecule has 1 saturated heterocycles. The third kappa shape index (κ3) is 2.00. The van der Waals surface area contributed by atoms with Gasteiger partial charge in [-0.2, -0.15) is 0 Å². The summed E-state index contributed by atoms with van der Waals surface area (Å²) in [5.74, 6) is 0. The zero-order valence-electron chi connectivity index (χ0n) is 6.85. The highest BCUT2D eigenvalue weighted by Gasteiger charge is 2.14. The van der Waals surface area contributed by atoms with Gasteiger partial charge in [0, 0.05) is 6.04 Å². The van der Waals surface area contributed by atoms with Gasteiger partial charge >= 0.3 is 0 Å². The van der Waals surface area contributed by atoms with Crippen LogP contribution in [-0.4, -0.2) is 12.6 Å². The van der Waals surface area contributed by atoms with Crippen molar-refractivity contribution in [1.29, 1.82) is 0 Å². The van der Waals surface area contributed by atoms with Gasteiger partial charge in [-0.05, 0) is 42.8 Å². The maximum absolute atomic E-state index is 5.84. The molecule has 1 nitrogen and oxygen atoms in total. The molecule has 1 aromatic heterocycles. The van der Waals surface area contributed by atoms with Gasteiger partial charge in [0.1, 0.15) is 0 Å². The van der Waals surface area contributed by atoms with Crippen LogP contribution in [0.2, 0.25) is 4.34 Å². The first-order valence-electron chi connectivity index (χ1n) is 4.31. The Kier molecular flexibility index (Phi) is 2.69. The molecule has 1 fully saturated rings. The van der Waals surface area contributed by atoms with Gasteiger partial charge in [-0.3, -0.25) is 0 Å². The van der Waals surface area contributed by atoms with E-state index < -0.39 is 0 Å². The Balaban J connectivity index is 1.94. The van der Waals surface area contributed by atoms with Crippen LogP contribution >= 0.6 is 22.9 Å². The lowest BCUT2D eigenvalue weighted by Gasteiger charge is -2.07. The van der Waals surface area contributed by atoms with Crippen molar-refractivity contribution in [2.45, 2.75) is 25.3 Å². The van der Waals surface area contributed by atoms with Crippen molar-refractivity contribution in [3.8, 4) is 0 Å². The highest BCUT2D eigenvalue weighted by atomic mass is 35.5. The fraction of sp³-hybridized carbons (Fsp3) is 0.556. The first-order valence-corrected chi connectivity index (χ1v) is 5.56. The van der Waals surface area contributed by atoms with E-state index in [4.69, 9.17) is 11.6 Å². The Labute approximate surface area is 81.7 Å². The minimum atomic E-state index is 0.690. The highest BCUT2D eigenvalue weighted by molar-refractivity contribution is 7.14. The van der Waals surface area contributed by atoms with Gasteiger partial charge in [-0.25, -0.2) is 0 Å². The number of nitrogens with one attached hydrogen (secondary N) is 1. The quantitative estimate of drug-likeness (QED) is 0.776. The van der Waals surface area contributed by atoms with Crippen LogP contribution in [0.25, 0.3) is 0 Å². The van der Waals surface area contributed by atoms with Crippen molar-refractivity contribution in [2.75, 3.05) is 6.54 Å². The van der Waals surface area contributed by atoms with Crippen LogP contribution in [0.5, 0.6) is 0 Å². The van der Waals surface area contributed by atoms with Crippen LogP contribution in [0.3, 0.4) is 0 Å². The van der Waals surface area contributed by atoms with Gasteiger partial charge in [0.25, 0.3) is 0 Å². The molecule has 0 aliphatic carbocycles. The molecule has 1 atom stereocenters. The highest BCUT2D eigenvalue weighted by Crippen LogP contribution is 2.22. The maximum Gasteiger partial charge on any atom is 0.0931 e. The minimum absolute atomic E-state index is 0.690. The van der Waals surface area contributed by atoms with Gasteiger partial charge in [0.15, 0.2) is 0 Å². The lowest BCUT2D eigenvalue weighted by atomic mass is 10.1. The number of hydrogen-bond donors (Lipinski definition) is 1. The summed E-state index contributed by atoms with van der Waals surface area (Å²) in [6.45, 7) is 1.18. The summed E-state index contributed by atoms with van der Waals surface area (Å²) in [4.78, 5) is 0. The lowest BCUT2D eigenvalue weighted by molar-refractivity contribution is 0.604. The molecule has 1 aliphatic heterocycles. The van der Waals surface area contributed by atoms with Crippen LogP contribution in [0.1, 0.15) is 18.4 Å². The molecule has 12 heavy (non-hydrogen) atoms. The Hall–Kier alpha value is -0.0500. The average Bonchev–Trinajstić information content (AvgIpc) is 2.63. The van der Waals surface area contributed by atoms with Crippen molar-refractivity contribution >= 4 is 22.9 Å². The zero-order valence-corrected chi connectivity index (χ0v) is 8.42. The van der Waals surface area contributed by atoms with Gasteiger partial charge in [-0.1, -0.05) is 11.6 Å². The van der Waals surface area contributed by atoms with E-state index in [1.165, 1.54) is 24.9 Å². The standard InChI is InChI=1S/C9H12ClNS/c10-9-5-7(6-12-9)4-8-2-1-3-11-8/h5-6,8,11H,1-4H2. The number of thiophene rings is 1. The summed E-state index contributed by atoms with van der Waals surface area (Å²) in [6, 6.07) is 2.77. The molecule has 2 heterocycles. The summed E-state index contributed by atoms with van der Waals surface area (Å²) >= 11 is 7.47. The Morgan fingerprint density at radius 2 is 2.58 bits per heavy atom. The van der Waals surface area contributed by atoms with E-state index in [0.29, 0.717) is 6.04 Å². The molecule has 66 valence electrons. The summed E-state index contributed by atoms with van der Waals surface area (Å²) in [7, 11) is 0. The van der Waals surface area contributed by atoms with E-state index in [-0.39, 0.29) is 0 Å². The van der Waals surface area contributed by atoms with E-state index in [2.05, 4.69) is 16.8 Å². The molecule has 0 bridgehead atoms. The molecule has 1 N–H and O–H groups in total. The van der Waals surface area contributed by atoms with Gasteiger partial charge in [0.05, 0.1) is 4.34 Å². The fourth-order valence-electron chi connectivity index (χ4n) is 1.67. The molecule has 3 heteroatoms. The van der Waals surface area contributed by atoms with Crippen molar-refractivity contribution in [1.82, 2.24) is 5.32 Å². The molecular weight excluding hydrogens is 190 g/mol. The Morgan fingerprint density at radius 3 is 3.17 bits per heavy atom. The molecular formula is C9H12ClNS. The smallest absolute Gasteiger partial charge is 0.0931 e. The van der Waals surface area contributed by atoms with E-state index >= 15 is 0 Å². The monoisotopic (exact) mass is 201 g/mol. The predicted molar refractivity (Wildman–Crippen MR) is 54.1 cm³/mol. The third-order valence-corrected chi connectivity index (χ3v) is 3.41. The summed E-state index contributed by atoms with van der Waals surface area (Å²) in [6.07, 6.45) is 3.78. The van der Waals surface area contributed by atoms with E-state index in [1.54, 1.807) is 11.3 Å². The molecule has 1 aliphatic rings. The topological polar surface area (TPSA) is 12.0 Å². The molecule has 0 saturated carbocycles. The predicted octanol–water partition coefficient (Wildman–Crippen LogP) is 2.70. The SMILES string of the molecule is Clc1cc(CC2CCCN2)cs1. The molecule has 2 rings (SSSR count). The third-order valence-electron chi connectivity index (χ3n) is 2.27. The number of hydrogen-bond acceptors (Lipinski definition) is 2. The first kappa shape index (κ1) is 8.54. The van der Waals surface area contributed by atoms with Gasteiger partial charge in [0.2, 0.25) is 0 Å². The second kappa shape index (κ2) is 3.77. The van der Waals surface area contributed by atoms with Crippen LogP contribution < -0.4 is 5.32 Å². The van der Waals surface area contributed by atoms with Crippen molar-refractivity contribution in [2.24, 2.45) is 0 Å². The van der Waals surface area contributed by atoms with Crippen molar-refractivity contribution in [3.05, 3.63) is 21.3 Å². The van der Waals surface area contributed by atoms with Crippen LogP contribution in [0.15, 0.2) is 11.4 Å². The Bertz CT molecular complexity index is 253. The summed E-state index contributed by atoms with van der Waals surface area (Å²) in [5, 5.41) is 5.63. The van der Waals surface area contributed by atoms with Gasteiger partial charge < -0.3 is 5.32 Å². The molecule has 0 aromatic carbocycles. The van der Waals surface area contributed by atoms with Crippen molar-refractivity contribution < 1.29 is 0 Å². The van der Waals surface area contributed by atoms with Crippen LogP contribution in [0.4, 0.5) is 0 Å². The summed E-state index contributed by atoms with van der Waals surface area (Å²) in [5.41, 5.74) is 1.38. The largest absolute Gasteiger partial charge is 0.314 e. The zero-order chi connectivity index (χ0) is 8.39. The van der Waals surface area contributed by atoms with E-state index in [0.717, 1.165) is 10.8 Å². The number of halogens is 1.